The molecule has 1 aliphatic carbocycles. The molecule has 3 nitrogen and oxygen atoms in total. The highest BCUT2D eigenvalue weighted by molar-refractivity contribution is 7.91. The van der Waals surface area contributed by atoms with E-state index in [1.54, 1.807) is 24.3 Å². The van der Waals surface area contributed by atoms with E-state index in [0.29, 0.717) is 11.1 Å². The minimum atomic E-state index is -0.916. The summed E-state index contributed by atoms with van der Waals surface area (Å²) < 4.78 is 5.35. The number of Topliss-reactive ketones (excluding diaryl/α,β-unsaturated/α-hetero) is 2. The SMILES string of the molecule is C[S+](C)OC1C(=O)c2ccccc2C1=O. The Morgan fingerprint density at radius 1 is 1.07 bits per heavy atom. The van der Waals surface area contributed by atoms with E-state index in [9.17, 15) is 9.59 Å². The molecule has 0 saturated carbocycles. The fourth-order valence-corrected chi connectivity index (χ4v) is 2.15. The maximum Gasteiger partial charge on any atom is 0.239 e. The molecule has 0 aliphatic heterocycles. The summed E-state index contributed by atoms with van der Waals surface area (Å²) in [5, 5.41) is 0. The van der Waals surface area contributed by atoms with Crippen LogP contribution in [0.25, 0.3) is 0 Å². The van der Waals surface area contributed by atoms with Gasteiger partial charge in [0.1, 0.15) is 23.7 Å². The summed E-state index contributed by atoms with van der Waals surface area (Å²) in [4.78, 5) is 23.6. The zero-order chi connectivity index (χ0) is 11.0. The van der Waals surface area contributed by atoms with E-state index in [4.69, 9.17) is 4.18 Å². The monoisotopic (exact) mass is 223 g/mol. The van der Waals surface area contributed by atoms with Crippen molar-refractivity contribution >= 4 is 22.7 Å². The van der Waals surface area contributed by atoms with Crippen LogP contribution in [0.4, 0.5) is 0 Å². The van der Waals surface area contributed by atoms with Crippen LogP contribution >= 0.6 is 0 Å². The maximum atomic E-state index is 11.8. The molecule has 1 aliphatic rings. The average molecular weight is 223 g/mol. The largest absolute Gasteiger partial charge is 0.290 e. The maximum absolute atomic E-state index is 11.8. The first-order valence-corrected chi connectivity index (χ1v) is 6.50. The molecule has 0 fully saturated rings. The Bertz CT molecular complexity index is 391. The molecule has 1 aromatic rings. The molecular formula is C11H11O3S+. The van der Waals surface area contributed by atoms with Crippen LogP contribution in [0.3, 0.4) is 0 Å². The lowest BCUT2D eigenvalue weighted by atomic mass is 10.1. The second kappa shape index (κ2) is 3.79. The molecule has 0 N–H and O–H groups in total. The minimum Gasteiger partial charge on any atom is -0.290 e. The van der Waals surface area contributed by atoms with Crippen LogP contribution in [0.5, 0.6) is 0 Å². The van der Waals surface area contributed by atoms with Crippen LogP contribution in [-0.4, -0.2) is 30.2 Å². The molecular weight excluding hydrogens is 212 g/mol. The number of rotatable bonds is 2. The number of benzene rings is 1. The molecule has 0 bridgehead atoms. The van der Waals surface area contributed by atoms with Crippen molar-refractivity contribution in [1.82, 2.24) is 0 Å². The summed E-state index contributed by atoms with van der Waals surface area (Å²) in [5.74, 6) is -0.423. The van der Waals surface area contributed by atoms with Crippen LogP contribution in [0.15, 0.2) is 24.3 Å². The predicted octanol–water partition coefficient (Wildman–Crippen LogP) is 1.24. The van der Waals surface area contributed by atoms with Crippen LogP contribution in [0, 0.1) is 0 Å². The average Bonchev–Trinajstić information content (AvgIpc) is 2.44. The van der Waals surface area contributed by atoms with Crippen LogP contribution < -0.4 is 0 Å². The Labute approximate surface area is 91.0 Å². The summed E-state index contributed by atoms with van der Waals surface area (Å²) in [6.07, 6.45) is 2.76. The van der Waals surface area contributed by atoms with Crippen molar-refractivity contribution in [3.63, 3.8) is 0 Å². The number of carbonyl (C=O) groups is 2. The fourth-order valence-electron chi connectivity index (χ4n) is 1.59. The molecule has 0 atom stereocenters. The van der Waals surface area contributed by atoms with Gasteiger partial charge in [0.2, 0.25) is 17.7 Å². The smallest absolute Gasteiger partial charge is 0.239 e. The highest BCUT2D eigenvalue weighted by Crippen LogP contribution is 2.24. The Morgan fingerprint density at radius 3 is 1.93 bits per heavy atom. The van der Waals surface area contributed by atoms with E-state index in [1.807, 2.05) is 12.5 Å². The van der Waals surface area contributed by atoms with Gasteiger partial charge in [-0.15, -0.1) is 0 Å². The van der Waals surface area contributed by atoms with Crippen molar-refractivity contribution in [3.8, 4) is 0 Å². The number of hydrogen-bond acceptors (Lipinski definition) is 3. The first kappa shape index (κ1) is 10.4. The molecule has 4 heteroatoms. The molecule has 0 unspecified atom stereocenters. The first-order chi connectivity index (χ1) is 7.11. The predicted molar refractivity (Wildman–Crippen MR) is 59.2 cm³/mol. The molecule has 1 aromatic carbocycles. The summed E-state index contributed by atoms with van der Waals surface area (Å²) >= 11 is -0.377. The van der Waals surface area contributed by atoms with E-state index in [2.05, 4.69) is 0 Å². The molecule has 0 radical (unpaired) electrons. The Hall–Kier alpha value is -1.13. The van der Waals surface area contributed by atoms with Crippen LogP contribution in [0.1, 0.15) is 20.7 Å². The molecule has 2 rings (SSSR count). The van der Waals surface area contributed by atoms with Crippen LogP contribution in [-0.2, 0) is 15.4 Å². The quantitative estimate of drug-likeness (QED) is 0.559. The van der Waals surface area contributed by atoms with Gasteiger partial charge >= 0.3 is 0 Å². The van der Waals surface area contributed by atoms with Crippen molar-refractivity contribution in [1.29, 1.82) is 0 Å². The van der Waals surface area contributed by atoms with E-state index in [1.165, 1.54) is 0 Å². The summed E-state index contributed by atoms with van der Waals surface area (Å²) in [7, 11) is 0. The number of carbonyl (C=O) groups excluding carboxylic acids is 2. The second-order valence-electron chi connectivity index (χ2n) is 3.49. The van der Waals surface area contributed by atoms with Gasteiger partial charge < -0.3 is 0 Å². The zero-order valence-corrected chi connectivity index (χ0v) is 9.34. The van der Waals surface area contributed by atoms with Gasteiger partial charge in [0.05, 0.1) is 0 Å². The van der Waals surface area contributed by atoms with Gasteiger partial charge in [0, 0.05) is 11.1 Å². The zero-order valence-electron chi connectivity index (χ0n) is 8.52. The summed E-state index contributed by atoms with van der Waals surface area (Å²) in [5.41, 5.74) is 0.968. The molecule has 0 heterocycles. The lowest BCUT2D eigenvalue weighted by Gasteiger charge is -2.02. The first-order valence-electron chi connectivity index (χ1n) is 4.53. The lowest BCUT2D eigenvalue weighted by Crippen LogP contribution is -2.28. The van der Waals surface area contributed by atoms with Crippen molar-refractivity contribution in [2.75, 3.05) is 12.5 Å². The molecule has 0 amide bonds. The topological polar surface area (TPSA) is 43.4 Å². The van der Waals surface area contributed by atoms with Crippen molar-refractivity contribution in [2.45, 2.75) is 6.10 Å². The number of ketones is 2. The highest BCUT2D eigenvalue weighted by Gasteiger charge is 2.42. The third-order valence-electron chi connectivity index (χ3n) is 2.22. The minimum absolute atomic E-state index is 0.211. The van der Waals surface area contributed by atoms with Gasteiger partial charge in [-0.1, -0.05) is 24.3 Å². The van der Waals surface area contributed by atoms with E-state index in [0.717, 1.165) is 0 Å². The highest BCUT2D eigenvalue weighted by atomic mass is 32.2. The third kappa shape index (κ3) is 1.70. The van der Waals surface area contributed by atoms with Crippen molar-refractivity contribution < 1.29 is 13.8 Å². The molecule has 0 spiro atoms. The third-order valence-corrected chi connectivity index (χ3v) is 2.80. The van der Waals surface area contributed by atoms with Crippen molar-refractivity contribution in [3.05, 3.63) is 35.4 Å². The van der Waals surface area contributed by atoms with Gasteiger partial charge in [-0.05, 0) is 0 Å². The van der Waals surface area contributed by atoms with Crippen molar-refractivity contribution in [2.24, 2.45) is 0 Å². The molecule has 0 aromatic heterocycles. The van der Waals surface area contributed by atoms with Gasteiger partial charge in [-0.25, -0.2) is 0 Å². The van der Waals surface area contributed by atoms with Gasteiger partial charge in [-0.2, -0.15) is 4.18 Å². The Morgan fingerprint density at radius 2 is 1.53 bits per heavy atom. The number of hydrogen-bond donors (Lipinski definition) is 0. The Balaban J connectivity index is 2.37. The molecule has 78 valence electrons. The Kier molecular flexibility index (Phi) is 2.63. The second-order valence-corrected chi connectivity index (χ2v) is 5.17. The van der Waals surface area contributed by atoms with Crippen LogP contribution in [0.2, 0.25) is 0 Å². The molecule has 15 heavy (non-hydrogen) atoms. The van der Waals surface area contributed by atoms with E-state index in [-0.39, 0.29) is 22.7 Å². The normalized spacial score (nSPS) is 16.2. The van der Waals surface area contributed by atoms with E-state index < -0.39 is 6.10 Å². The van der Waals surface area contributed by atoms with Gasteiger partial charge in [-0.3, -0.25) is 9.59 Å². The van der Waals surface area contributed by atoms with Gasteiger partial charge in [0.25, 0.3) is 0 Å². The summed E-state index contributed by atoms with van der Waals surface area (Å²) in [6, 6.07) is 6.85. The van der Waals surface area contributed by atoms with E-state index >= 15 is 0 Å². The standard InChI is InChI=1S/C11H11O3S/c1-15(2)14-11-9(12)7-5-3-4-6-8(7)10(11)13/h3-6,11H,1-2H3/q+1. The van der Waals surface area contributed by atoms with Gasteiger partial charge in [0.15, 0.2) is 0 Å². The molecule has 0 saturated heterocycles. The summed E-state index contributed by atoms with van der Waals surface area (Å²) in [6.45, 7) is 0. The lowest BCUT2D eigenvalue weighted by molar-refractivity contribution is 0.0730. The fraction of sp³-hybridized carbons (Fsp3) is 0.273. The number of fused-ring (bicyclic) bond motifs is 1.